The Morgan fingerprint density at radius 2 is 2.04 bits per heavy atom. The molecule has 124 valence electrons. The molecule has 2 amide bonds. The zero-order valence-electron chi connectivity index (χ0n) is 13.0. The number of hydrogen-bond donors (Lipinski definition) is 2. The Kier molecular flexibility index (Phi) is 3.76. The normalized spacial score (nSPS) is 17.4. The monoisotopic (exact) mass is 344 g/mol. The topological polar surface area (TPSA) is 78.1 Å². The summed E-state index contributed by atoms with van der Waals surface area (Å²) in [5.74, 6) is 0.208. The lowest BCUT2D eigenvalue weighted by Crippen LogP contribution is -2.23. The van der Waals surface area contributed by atoms with Gasteiger partial charge in [-0.1, -0.05) is 11.6 Å². The van der Waals surface area contributed by atoms with Crippen LogP contribution in [0.15, 0.2) is 24.3 Å². The minimum atomic E-state index is -0.340. The van der Waals surface area contributed by atoms with E-state index in [1.165, 1.54) is 0 Å². The molecule has 2 N–H and O–H groups in total. The van der Waals surface area contributed by atoms with Gasteiger partial charge in [0, 0.05) is 30.3 Å². The highest BCUT2D eigenvalue weighted by Crippen LogP contribution is 2.42. The lowest BCUT2D eigenvalue weighted by Gasteiger charge is -2.16. The van der Waals surface area contributed by atoms with E-state index in [2.05, 4.69) is 15.5 Å². The minimum absolute atomic E-state index is 0.141. The van der Waals surface area contributed by atoms with Gasteiger partial charge < -0.3 is 10.2 Å². The maximum Gasteiger partial charge on any atom is 0.277 e. The van der Waals surface area contributed by atoms with Crippen molar-refractivity contribution in [2.75, 3.05) is 16.8 Å². The second kappa shape index (κ2) is 5.94. The maximum absolute atomic E-state index is 12.3. The van der Waals surface area contributed by atoms with Crippen LogP contribution in [0.25, 0.3) is 0 Å². The molecule has 1 saturated heterocycles. The molecule has 1 saturated carbocycles. The number of carbonyl (C=O) groups is 2. The molecule has 6 nitrogen and oxygen atoms in total. The Bertz CT molecular complexity index is 795. The number of amides is 2. The Balaban J connectivity index is 1.47. The van der Waals surface area contributed by atoms with E-state index in [0.29, 0.717) is 23.0 Å². The van der Waals surface area contributed by atoms with E-state index in [4.69, 9.17) is 11.6 Å². The highest BCUT2D eigenvalue weighted by atomic mass is 35.5. The summed E-state index contributed by atoms with van der Waals surface area (Å²) < 4.78 is 0. The van der Waals surface area contributed by atoms with Crippen molar-refractivity contribution >= 4 is 34.8 Å². The third kappa shape index (κ3) is 2.78. The van der Waals surface area contributed by atoms with Crippen molar-refractivity contribution in [1.82, 2.24) is 10.2 Å². The van der Waals surface area contributed by atoms with E-state index in [0.717, 1.165) is 37.2 Å². The molecule has 0 atom stereocenters. The molecule has 0 radical (unpaired) electrons. The van der Waals surface area contributed by atoms with Crippen LogP contribution in [0, 0.1) is 0 Å². The van der Waals surface area contributed by atoms with E-state index >= 15 is 0 Å². The molecule has 2 aromatic rings. The molecule has 1 aromatic heterocycles. The molecule has 0 spiro atoms. The molecule has 2 heterocycles. The fourth-order valence-electron chi connectivity index (χ4n) is 2.97. The van der Waals surface area contributed by atoms with Gasteiger partial charge in [-0.3, -0.25) is 14.7 Å². The summed E-state index contributed by atoms with van der Waals surface area (Å²) in [5, 5.41) is 10.1. The quantitative estimate of drug-likeness (QED) is 0.893. The number of rotatable bonds is 4. The molecule has 2 fully saturated rings. The number of nitrogens with zero attached hydrogens (tertiary/aromatic N) is 2. The predicted molar refractivity (Wildman–Crippen MR) is 91.6 cm³/mol. The zero-order chi connectivity index (χ0) is 16.7. The first-order chi connectivity index (χ1) is 11.6. The van der Waals surface area contributed by atoms with Gasteiger partial charge in [0.05, 0.1) is 10.7 Å². The molecular weight excluding hydrogens is 328 g/mol. The highest BCUT2D eigenvalue weighted by Gasteiger charge is 2.30. The summed E-state index contributed by atoms with van der Waals surface area (Å²) in [5.41, 5.74) is 2.56. The van der Waals surface area contributed by atoms with Crippen LogP contribution >= 0.6 is 11.6 Å². The van der Waals surface area contributed by atoms with E-state index in [1.54, 1.807) is 17.0 Å². The molecule has 0 bridgehead atoms. The van der Waals surface area contributed by atoms with Gasteiger partial charge in [-0.25, -0.2) is 0 Å². The maximum atomic E-state index is 12.3. The van der Waals surface area contributed by atoms with Crippen LogP contribution in [0.1, 0.15) is 47.8 Å². The molecule has 2 aliphatic rings. The molecule has 0 unspecified atom stereocenters. The summed E-state index contributed by atoms with van der Waals surface area (Å²) in [6, 6.07) is 7.23. The smallest absolute Gasteiger partial charge is 0.277 e. The number of anilines is 2. The predicted octanol–water partition coefficient (Wildman–Crippen LogP) is 3.32. The number of carbonyl (C=O) groups excluding carboxylic acids is 2. The number of halogens is 1. The Hall–Kier alpha value is -2.34. The zero-order valence-corrected chi connectivity index (χ0v) is 13.8. The van der Waals surface area contributed by atoms with Crippen molar-refractivity contribution in [2.24, 2.45) is 0 Å². The summed E-state index contributed by atoms with van der Waals surface area (Å²) in [6.45, 7) is 0.747. The molecule has 7 heteroatoms. The van der Waals surface area contributed by atoms with E-state index < -0.39 is 0 Å². The number of H-pyrrole nitrogens is 1. The van der Waals surface area contributed by atoms with Crippen molar-refractivity contribution in [3.8, 4) is 0 Å². The third-order valence-electron chi connectivity index (χ3n) is 4.44. The van der Waals surface area contributed by atoms with Crippen molar-refractivity contribution in [3.05, 3.63) is 40.7 Å². The first-order valence-corrected chi connectivity index (χ1v) is 8.47. The van der Waals surface area contributed by atoms with Crippen LogP contribution in [0.2, 0.25) is 5.02 Å². The van der Waals surface area contributed by atoms with Gasteiger partial charge in [-0.2, -0.15) is 5.10 Å². The first-order valence-electron chi connectivity index (χ1n) is 8.09. The highest BCUT2D eigenvalue weighted by molar-refractivity contribution is 6.34. The van der Waals surface area contributed by atoms with Gasteiger partial charge in [0.1, 0.15) is 0 Å². The number of hydrogen-bond acceptors (Lipinski definition) is 3. The average molecular weight is 345 g/mol. The van der Waals surface area contributed by atoms with Crippen LogP contribution in [-0.2, 0) is 4.79 Å². The largest absolute Gasteiger partial charge is 0.321 e. The van der Waals surface area contributed by atoms with Crippen LogP contribution in [0.3, 0.4) is 0 Å². The van der Waals surface area contributed by atoms with Crippen LogP contribution in [0.5, 0.6) is 0 Å². The van der Waals surface area contributed by atoms with Gasteiger partial charge in [-0.15, -0.1) is 0 Å². The molecule has 4 rings (SSSR count). The van der Waals surface area contributed by atoms with Crippen LogP contribution in [0.4, 0.5) is 11.4 Å². The van der Waals surface area contributed by atoms with Gasteiger partial charge in [0.25, 0.3) is 5.91 Å². The fourth-order valence-corrected chi connectivity index (χ4v) is 3.30. The Labute approximate surface area is 144 Å². The van der Waals surface area contributed by atoms with E-state index in [9.17, 15) is 9.59 Å². The number of benzene rings is 1. The van der Waals surface area contributed by atoms with Crippen molar-refractivity contribution in [2.45, 2.75) is 31.6 Å². The third-order valence-corrected chi connectivity index (χ3v) is 4.83. The van der Waals surface area contributed by atoms with Gasteiger partial charge in [-0.05, 0) is 43.5 Å². The second-order valence-corrected chi connectivity index (χ2v) is 6.60. The minimum Gasteiger partial charge on any atom is -0.321 e. The Morgan fingerprint density at radius 1 is 1.29 bits per heavy atom. The summed E-state index contributed by atoms with van der Waals surface area (Å²) in [7, 11) is 0. The molecular formula is C17H17ClN4O2. The standard InChI is InChI=1S/C17H17ClN4O2/c18-14-15(10-3-4-10)20-21-16(14)17(24)19-11-5-7-12(8-6-11)22-9-1-2-13(22)23/h5-8,10H,1-4,9H2,(H,19,24)(H,20,21). The Morgan fingerprint density at radius 3 is 2.67 bits per heavy atom. The number of aromatic amines is 1. The molecule has 1 aliphatic carbocycles. The second-order valence-electron chi connectivity index (χ2n) is 6.22. The summed E-state index contributed by atoms with van der Waals surface area (Å²) >= 11 is 6.25. The van der Waals surface area contributed by atoms with Gasteiger partial charge >= 0.3 is 0 Å². The lowest BCUT2D eigenvalue weighted by atomic mass is 10.2. The van der Waals surface area contributed by atoms with E-state index in [-0.39, 0.29) is 17.5 Å². The number of nitrogens with one attached hydrogen (secondary N) is 2. The number of aromatic nitrogens is 2. The van der Waals surface area contributed by atoms with Crippen molar-refractivity contribution in [1.29, 1.82) is 0 Å². The molecule has 1 aromatic carbocycles. The van der Waals surface area contributed by atoms with Crippen molar-refractivity contribution < 1.29 is 9.59 Å². The lowest BCUT2D eigenvalue weighted by molar-refractivity contribution is -0.117. The van der Waals surface area contributed by atoms with E-state index in [1.807, 2.05) is 12.1 Å². The van der Waals surface area contributed by atoms with Crippen LogP contribution < -0.4 is 10.2 Å². The molecule has 24 heavy (non-hydrogen) atoms. The first kappa shape index (κ1) is 15.2. The van der Waals surface area contributed by atoms with Crippen LogP contribution in [-0.4, -0.2) is 28.6 Å². The fraction of sp³-hybridized carbons (Fsp3) is 0.353. The summed E-state index contributed by atoms with van der Waals surface area (Å²) in [6.07, 6.45) is 3.65. The summed E-state index contributed by atoms with van der Waals surface area (Å²) in [4.78, 5) is 25.9. The van der Waals surface area contributed by atoms with Gasteiger partial charge in [0.15, 0.2) is 5.69 Å². The van der Waals surface area contributed by atoms with Gasteiger partial charge in [0.2, 0.25) is 5.91 Å². The van der Waals surface area contributed by atoms with Crippen molar-refractivity contribution in [3.63, 3.8) is 0 Å². The molecule has 1 aliphatic heterocycles. The average Bonchev–Trinajstić information content (AvgIpc) is 3.21. The SMILES string of the molecule is O=C(Nc1ccc(N2CCCC2=O)cc1)c1n[nH]c(C2CC2)c1Cl.